The monoisotopic (exact) mass is 328 g/mol. The predicted octanol–water partition coefficient (Wildman–Crippen LogP) is 2.08. The van der Waals surface area contributed by atoms with Crippen molar-refractivity contribution in [2.75, 3.05) is 13.6 Å². The number of sulfonamides is 1. The van der Waals surface area contributed by atoms with E-state index in [1.165, 1.54) is 6.92 Å². The predicted molar refractivity (Wildman–Crippen MR) is 69.8 cm³/mol. The van der Waals surface area contributed by atoms with Gasteiger partial charge in [-0.25, -0.2) is 17.5 Å². The molecule has 0 saturated carbocycles. The van der Waals surface area contributed by atoms with Crippen molar-refractivity contribution < 1.29 is 26.0 Å². The maximum Gasteiger partial charge on any atom is 0.390 e. The van der Waals surface area contributed by atoms with Gasteiger partial charge in [-0.15, -0.1) is 0 Å². The van der Waals surface area contributed by atoms with Crippen LogP contribution < -0.4 is 10.0 Å². The summed E-state index contributed by atoms with van der Waals surface area (Å²) in [5, 5.41) is 2.69. The summed E-state index contributed by atoms with van der Waals surface area (Å²) in [6, 6.07) is 2.19. The van der Waals surface area contributed by atoms with Crippen molar-refractivity contribution in [1.82, 2.24) is 10.0 Å². The Hall–Kier alpha value is -1.19. The Morgan fingerprint density at radius 1 is 1.24 bits per heavy atom. The molecule has 0 aliphatic heterocycles. The van der Waals surface area contributed by atoms with E-state index in [1.54, 1.807) is 7.05 Å². The second-order valence-electron chi connectivity index (χ2n) is 4.51. The van der Waals surface area contributed by atoms with Gasteiger partial charge < -0.3 is 5.32 Å². The van der Waals surface area contributed by atoms with E-state index in [0.717, 1.165) is 12.1 Å². The van der Waals surface area contributed by atoms with Gasteiger partial charge in [0.1, 0.15) is 5.82 Å². The summed E-state index contributed by atoms with van der Waals surface area (Å²) in [6.45, 7) is 0.741. The van der Waals surface area contributed by atoms with Crippen molar-refractivity contribution in [3.05, 3.63) is 29.1 Å². The molecule has 0 amide bonds. The van der Waals surface area contributed by atoms with Crippen molar-refractivity contribution in [2.24, 2.45) is 0 Å². The normalized spacial score (nSPS) is 12.7. The quantitative estimate of drug-likeness (QED) is 0.786. The SMILES string of the molecule is CNCc1cc(S(=O)(=O)NCCC(F)(F)F)cc(C)c1F. The molecule has 0 spiro atoms. The number of benzene rings is 1. The third-order valence-corrected chi connectivity index (χ3v) is 4.12. The zero-order valence-electron chi connectivity index (χ0n) is 11.5. The lowest BCUT2D eigenvalue weighted by Crippen LogP contribution is -2.28. The Kier molecular flexibility index (Phi) is 5.71. The molecule has 21 heavy (non-hydrogen) atoms. The number of halogens is 4. The summed E-state index contributed by atoms with van der Waals surface area (Å²) in [4.78, 5) is -0.256. The van der Waals surface area contributed by atoms with Gasteiger partial charge in [-0.05, 0) is 31.7 Å². The smallest absolute Gasteiger partial charge is 0.316 e. The van der Waals surface area contributed by atoms with Gasteiger partial charge in [-0.2, -0.15) is 13.2 Å². The number of hydrogen-bond donors (Lipinski definition) is 2. The fourth-order valence-electron chi connectivity index (χ4n) is 1.69. The van der Waals surface area contributed by atoms with Crippen LogP contribution >= 0.6 is 0 Å². The molecule has 4 nitrogen and oxygen atoms in total. The molecular weight excluding hydrogens is 312 g/mol. The summed E-state index contributed by atoms with van der Waals surface area (Å²) in [5.41, 5.74) is 0.243. The Morgan fingerprint density at radius 3 is 2.38 bits per heavy atom. The number of nitrogens with one attached hydrogen (secondary N) is 2. The van der Waals surface area contributed by atoms with E-state index in [-0.39, 0.29) is 22.6 Å². The van der Waals surface area contributed by atoms with Crippen LogP contribution in [-0.4, -0.2) is 28.2 Å². The van der Waals surface area contributed by atoms with Crippen molar-refractivity contribution in [3.63, 3.8) is 0 Å². The zero-order chi connectivity index (χ0) is 16.3. The fraction of sp³-hybridized carbons (Fsp3) is 0.500. The van der Waals surface area contributed by atoms with Crippen molar-refractivity contribution >= 4 is 10.0 Å². The fourth-order valence-corrected chi connectivity index (χ4v) is 2.86. The first-order valence-corrected chi connectivity index (χ1v) is 7.55. The maximum atomic E-state index is 13.8. The average molecular weight is 328 g/mol. The van der Waals surface area contributed by atoms with Gasteiger partial charge in [-0.1, -0.05) is 0 Å². The van der Waals surface area contributed by atoms with Gasteiger partial charge in [-0.3, -0.25) is 0 Å². The molecule has 0 saturated heterocycles. The molecule has 0 heterocycles. The standard InChI is InChI=1S/C12H16F4N2O2S/c1-8-5-10(6-9(7-17-2)11(8)13)21(19,20)18-4-3-12(14,15)16/h5-6,17-18H,3-4,7H2,1-2H3. The maximum absolute atomic E-state index is 13.8. The molecule has 1 aromatic rings. The highest BCUT2D eigenvalue weighted by molar-refractivity contribution is 7.89. The second kappa shape index (κ2) is 6.71. The second-order valence-corrected chi connectivity index (χ2v) is 6.27. The Morgan fingerprint density at radius 2 is 1.86 bits per heavy atom. The van der Waals surface area contributed by atoms with E-state index in [2.05, 4.69) is 5.32 Å². The molecule has 0 unspecified atom stereocenters. The van der Waals surface area contributed by atoms with E-state index in [1.807, 2.05) is 4.72 Å². The lowest BCUT2D eigenvalue weighted by atomic mass is 10.1. The molecule has 0 aliphatic carbocycles. The van der Waals surface area contributed by atoms with Crippen LogP contribution in [0.1, 0.15) is 17.5 Å². The topological polar surface area (TPSA) is 58.2 Å². The first-order chi connectivity index (χ1) is 9.57. The molecule has 9 heteroatoms. The lowest BCUT2D eigenvalue weighted by molar-refractivity contribution is -0.132. The minimum Gasteiger partial charge on any atom is -0.316 e. The number of aryl methyl sites for hydroxylation is 1. The summed E-state index contributed by atoms with van der Waals surface area (Å²) in [5.74, 6) is -0.543. The Labute approximate surface area is 120 Å². The molecule has 1 rings (SSSR count). The van der Waals surface area contributed by atoms with Gasteiger partial charge in [0, 0.05) is 18.7 Å². The van der Waals surface area contributed by atoms with Crippen LogP contribution in [0.15, 0.2) is 17.0 Å². The first kappa shape index (κ1) is 17.9. The van der Waals surface area contributed by atoms with Gasteiger partial charge in [0.25, 0.3) is 0 Å². The number of hydrogen-bond acceptors (Lipinski definition) is 3. The van der Waals surface area contributed by atoms with Gasteiger partial charge >= 0.3 is 6.18 Å². The summed E-state index contributed by atoms with van der Waals surface area (Å²) in [7, 11) is -2.54. The van der Waals surface area contributed by atoms with Crippen molar-refractivity contribution in [3.8, 4) is 0 Å². The third-order valence-electron chi connectivity index (χ3n) is 2.68. The molecule has 0 atom stereocenters. The highest BCUT2D eigenvalue weighted by atomic mass is 32.2. The molecule has 0 bridgehead atoms. The summed E-state index contributed by atoms with van der Waals surface area (Å²) in [6.07, 6.45) is -5.71. The van der Waals surface area contributed by atoms with Gasteiger partial charge in [0.2, 0.25) is 10.0 Å². The third kappa shape index (κ3) is 5.25. The van der Waals surface area contributed by atoms with Crippen LogP contribution in [0.5, 0.6) is 0 Å². The molecule has 0 aliphatic rings. The van der Waals surface area contributed by atoms with Crippen LogP contribution in [0, 0.1) is 12.7 Å². The van der Waals surface area contributed by atoms with E-state index in [4.69, 9.17) is 0 Å². The minimum absolute atomic E-state index is 0.110. The Bertz CT molecular complexity index is 600. The van der Waals surface area contributed by atoms with Crippen LogP contribution in [0.3, 0.4) is 0 Å². The first-order valence-electron chi connectivity index (χ1n) is 6.07. The zero-order valence-corrected chi connectivity index (χ0v) is 12.3. The average Bonchev–Trinajstić information content (AvgIpc) is 2.32. The van der Waals surface area contributed by atoms with Crippen LogP contribution in [0.4, 0.5) is 17.6 Å². The molecule has 0 aromatic heterocycles. The highest BCUT2D eigenvalue weighted by Crippen LogP contribution is 2.21. The van der Waals surface area contributed by atoms with E-state index >= 15 is 0 Å². The molecule has 2 N–H and O–H groups in total. The van der Waals surface area contributed by atoms with Gasteiger partial charge in [0.15, 0.2) is 0 Å². The molecular formula is C12H16F4N2O2S. The molecule has 0 radical (unpaired) electrons. The summed E-state index contributed by atoms with van der Waals surface area (Å²) < 4.78 is 75.5. The summed E-state index contributed by atoms with van der Waals surface area (Å²) >= 11 is 0. The minimum atomic E-state index is -4.45. The molecule has 0 fully saturated rings. The number of rotatable bonds is 6. The van der Waals surface area contributed by atoms with Crippen molar-refractivity contribution in [2.45, 2.75) is 31.0 Å². The van der Waals surface area contributed by atoms with Gasteiger partial charge in [0.05, 0.1) is 11.3 Å². The highest BCUT2D eigenvalue weighted by Gasteiger charge is 2.27. The number of alkyl halides is 3. The van der Waals surface area contributed by atoms with E-state index in [9.17, 15) is 26.0 Å². The van der Waals surface area contributed by atoms with Crippen LogP contribution in [-0.2, 0) is 16.6 Å². The molecule has 1 aromatic carbocycles. The largest absolute Gasteiger partial charge is 0.390 e. The van der Waals surface area contributed by atoms with E-state index < -0.39 is 35.0 Å². The molecule has 120 valence electrons. The van der Waals surface area contributed by atoms with Crippen LogP contribution in [0.2, 0.25) is 0 Å². The lowest BCUT2D eigenvalue weighted by Gasteiger charge is -2.12. The van der Waals surface area contributed by atoms with E-state index in [0.29, 0.717) is 0 Å². The van der Waals surface area contributed by atoms with Crippen LogP contribution in [0.25, 0.3) is 0 Å². The van der Waals surface area contributed by atoms with Crippen molar-refractivity contribution in [1.29, 1.82) is 0 Å². The Balaban J connectivity index is 2.98.